The lowest BCUT2D eigenvalue weighted by Gasteiger charge is -2.43. The van der Waals surface area contributed by atoms with Crippen molar-refractivity contribution in [2.75, 3.05) is 18.4 Å². The third-order valence-electron chi connectivity index (χ3n) is 5.00. The number of nitrogens with two attached hydrogens (primary N) is 1. The highest BCUT2D eigenvalue weighted by Gasteiger charge is 2.37. The number of amides is 1. The maximum atomic E-state index is 11.2. The van der Waals surface area contributed by atoms with Crippen LogP contribution in [0.1, 0.15) is 36.0 Å². The summed E-state index contributed by atoms with van der Waals surface area (Å²) in [4.78, 5) is 35.0. The number of nitrogens with zero attached hydrogens (tertiary/aromatic N) is 2. The van der Waals surface area contributed by atoms with E-state index in [1.165, 1.54) is 18.2 Å². The normalized spacial score (nSPS) is 21.9. The van der Waals surface area contributed by atoms with Crippen LogP contribution in [0.25, 0.3) is 0 Å². The average Bonchev–Trinajstić information content (AvgIpc) is 3.33. The van der Waals surface area contributed by atoms with Crippen LogP contribution in [-0.2, 0) is 4.79 Å². The number of aliphatic carboxylic acids is 1. The number of anilines is 1. The van der Waals surface area contributed by atoms with E-state index in [0.717, 1.165) is 32.2 Å². The van der Waals surface area contributed by atoms with Crippen LogP contribution in [0.15, 0.2) is 18.2 Å². The first-order chi connectivity index (χ1) is 12.3. The zero-order chi connectivity index (χ0) is 18.8. The molecule has 0 aromatic heterocycles. The molecule has 0 atom stereocenters. The zero-order valence-corrected chi connectivity index (χ0v) is 14.3. The van der Waals surface area contributed by atoms with Gasteiger partial charge in [-0.25, -0.2) is 0 Å². The van der Waals surface area contributed by atoms with Gasteiger partial charge in [0.25, 0.3) is 5.69 Å². The van der Waals surface area contributed by atoms with Crippen molar-refractivity contribution in [3.05, 3.63) is 33.9 Å². The molecular formula is C17H22N4O5. The van der Waals surface area contributed by atoms with Gasteiger partial charge >= 0.3 is 5.97 Å². The van der Waals surface area contributed by atoms with Crippen LogP contribution >= 0.6 is 0 Å². The molecule has 2 fully saturated rings. The lowest BCUT2D eigenvalue weighted by atomic mass is 9.85. The van der Waals surface area contributed by atoms with Crippen LogP contribution in [0.3, 0.4) is 0 Å². The molecule has 0 bridgehead atoms. The molecule has 4 N–H and O–H groups in total. The number of nitro groups is 1. The molecule has 2 saturated carbocycles. The van der Waals surface area contributed by atoms with Gasteiger partial charge in [-0.15, -0.1) is 0 Å². The molecule has 1 aromatic carbocycles. The minimum absolute atomic E-state index is 0.0291. The first-order valence-electron chi connectivity index (χ1n) is 8.64. The van der Waals surface area contributed by atoms with Gasteiger partial charge in [0, 0.05) is 30.3 Å². The fraction of sp³-hybridized carbons (Fsp3) is 0.529. The molecule has 140 valence electrons. The SMILES string of the molecule is NC(=O)c1ccc(NC2CC(N(CC(=O)O)CC3CC3)C2)c([N+](=O)[O-])c1. The number of carboxylic acids is 1. The second kappa shape index (κ2) is 7.28. The maximum Gasteiger partial charge on any atom is 0.317 e. The van der Waals surface area contributed by atoms with E-state index >= 15 is 0 Å². The Balaban J connectivity index is 1.61. The summed E-state index contributed by atoms with van der Waals surface area (Å²) in [7, 11) is 0. The topological polar surface area (TPSA) is 139 Å². The Labute approximate surface area is 150 Å². The molecule has 3 rings (SSSR count). The molecule has 1 aromatic rings. The van der Waals surface area contributed by atoms with Crippen molar-refractivity contribution in [2.45, 2.75) is 37.8 Å². The highest BCUT2D eigenvalue weighted by atomic mass is 16.6. The maximum absolute atomic E-state index is 11.2. The second-order valence-electron chi connectivity index (χ2n) is 7.09. The van der Waals surface area contributed by atoms with Gasteiger partial charge in [0.05, 0.1) is 11.5 Å². The molecule has 26 heavy (non-hydrogen) atoms. The van der Waals surface area contributed by atoms with E-state index in [9.17, 15) is 19.7 Å². The van der Waals surface area contributed by atoms with Gasteiger partial charge in [-0.05, 0) is 43.7 Å². The van der Waals surface area contributed by atoms with Gasteiger partial charge in [-0.1, -0.05) is 0 Å². The van der Waals surface area contributed by atoms with Crippen LogP contribution in [0, 0.1) is 16.0 Å². The number of nitro benzene ring substituents is 1. The number of carbonyl (C=O) groups excluding carboxylic acids is 1. The Morgan fingerprint density at radius 1 is 1.35 bits per heavy atom. The van der Waals surface area contributed by atoms with Crippen LogP contribution < -0.4 is 11.1 Å². The largest absolute Gasteiger partial charge is 0.480 e. The summed E-state index contributed by atoms with van der Waals surface area (Å²) in [6.07, 6.45) is 3.77. The summed E-state index contributed by atoms with van der Waals surface area (Å²) in [5.41, 5.74) is 5.41. The molecule has 2 aliphatic rings. The lowest BCUT2D eigenvalue weighted by Crippen LogP contribution is -2.52. The summed E-state index contributed by atoms with van der Waals surface area (Å²) in [6, 6.07) is 4.33. The van der Waals surface area contributed by atoms with Gasteiger partial charge in [0.2, 0.25) is 5.91 Å². The average molecular weight is 362 g/mol. The van der Waals surface area contributed by atoms with Crippen LogP contribution in [0.2, 0.25) is 0 Å². The Bertz CT molecular complexity index is 728. The zero-order valence-electron chi connectivity index (χ0n) is 14.3. The van der Waals surface area contributed by atoms with Crippen molar-refractivity contribution in [1.29, 1.82) is 0 Å². The number of hydrogen-bond donors (Lipinski definition) is 3. The van der Waals surface area contributed by atoms with E-state index in [-0.39, 0.29) is 29.9 Å². The summed E-state index contributed by atoms with van der Waals surface area (Å²) < 4.78 is 0. The molecular weight excluding hydrogens is 340 g/mol. The van der Waals surface area contributed by atoms with Crippen molar-refractivity contribution < 1.29 is 19.6 Å². The summed E-state index contributed by atoms with van der Waals surface area (Å²) in [5.74, 6) is -0.948. The predicted molar refractivity (Wildman–Crippen MR) is 94.0 cm³/mol. The summed E-state index contributed by atoms with van der Waals surface area (Å²) >= 11 is 0. The third kappa shape index (κ3) is 4.29. The van der Waals surface area contributed by atoms with Crippen LogP contribution in [0.5, 0.6) is 0 Å². The molecule has 9 nitrogen and oxygen atoms in total. The van der Waals surface area contributed by atoms with Gasteiger partial charge in [-0.2, -0.15) is 0 Å². The Morgan fingerprint density at radius 2 is 2.04 bits per heavy atom. The molecule has 0 aliphatic heterocycles. The highest BCUT2D eigenvalue weighted by Crippen LogP contribution is 2.36. The van der Waals surface area contributed by atoms with E-state index < -0.39 is 16.8 Å². The quantitative estimate of drug-likeness (QED) is 0.446. The van der Waals surface area contributed by atoms with Gasteiger partial charge in [0.15, 0.2) is 0 Å². The number of hydrogen-bond acceptors (Lipinski definition) is 6. The number of nitrogens with one attached hydrogen (secondary N) is 1. The van der Waals surface area contributed by atoms with E-state index in [0.29, 0.717) is 11.6 Å². The molecule has 0 unspecified atom stereocenters. The highest BCUT2D eigenvalue weighted by molar-refractivity contribution is 5.94. The first kappa shape index (κ1) is 18.1. The van der Waals surface area contributed by atoms with Crippen molar-refractivity contribution in [3.63, 3.8) is 0 Å². The Morgan fingerprint density at radius 3 is 2.58 bits per heavy atom. The van der Waals surface area contributed by atoms with Crippen molar-refractivity contribution in [3.8, 4) is 0 Å². The lowest BCUT2D eigenvalue weighted by molar-refractivity contribution is -0.384. The Kier molecular flexibility index (Phi) is 5.08. The molecule has 0 spiro atoms. The molecule has 0 radical (unpaired) electrons. The summed E-state index contributed by atoms with van der Waals surface area (Å²) in [6.45, 7) is 0.832. The van der Waals surface area contributed by atoms with Crippen LogP contribution in [0.4, 0.5) is 11.4 Å². The van der Waals surface area contributed by atoms with Crippen molar-refractivity contribution >= 4 is 23.3 Å². The first-order valence-corrected chi connectivity index (χ1v) is 8.64. The standard InChI is InChI=1S/C17H22N4O5/c18-17(24)11-3-4-14(15(5-11)21(25)26)19-12-6-13(7-12)20(9-16(22)23)8-10-1-2-10/h3-5,10,12-13,19H,1-2,6-9H2,(H2,18,24)(H,22,23). The van der Waals surface area contributed by atoms with Gasteiger partial charge in [-0.3, -0.25) is 24.6 Å². The minimum Gasteiger partial charge on any atom is -0.480 e. The Hall–Kier alpha value is -2.68. The van der Waals surface area contributed by atoms with Gasteiger partial charge < -0.3 is 16.2 Å². The second-order valence-corrected chi connectivity index (χ2v) is 7.09. The third-order valence-corrected chi connectivity index (χ3v) is 5.00. The minimum atomic E-state index is -0.834. The van der Waals surface area contributed by atoms with E-state index in [1.807, 2.05) is 4.90 Å². The molecule has 0 saturated heterocycles. The van der Waals surface area contributed by atoms with E-state index in [2.05, 4.69) is 5.32 Å². The smallest absolute Gasteiger partial charge is 0.317 e. The molecule has 0 heterocycles. The fourth-order valence-corrected chi connectivity index (χ4v) is 3.33. The number of rotatable bonds is 9. The van der Waals surface area contributed by atoms with E-state index in [1.54, 1.807) is 0 Å². The fourth-order valence-electron chi connectivity index (χ4n) is 3.33. The predicted octanol–water partition coefficient (Wildman–Crippen LogP) is 1.43. The number of primary amides is 1. The molecule has 9 heteroatoms. The number of carbonyl (C=O) groups is 2. The van der Waals surface area contributed by atoms with Crippen LogP contribution in [-0.4, -0.2) is 52.0 Å². The number of carboxylic acid groups (broad SMARTS) is 1. The molecule has 2 aliphatic carbocycles. The molecule has 1 amide bonds. The van der Waals surface area contributed by atoms with Crippen molar-refractivity contribution in [1.82, 2.24) is 4.90 Å². The van der Waals surface area contributed by atoms with Crippen molar-refractivity contribution in [2.24, 2.45) is 11.7 Å². The number of benzene rings is 1. The van der Waals surface area contributed by atoms with Gasteiger partial charge in [0.1, 0.15) is 5.69 Å². The summed E-state index contributed by atoms with van der Waals surface area (Å²) in [5, 5.41) is 23.5. The van der Waals surface area contributed by atoms with E-state index in [4.69, 9.17) is 10.8 Å². The monoisotopic (exact) mass is 362 g/mol.